The van der Waals surface area contributed by atoms with E-state index >= 15 is 0 Å². The second kappa shape index (κ2) is 10.7. The van der Waals surface area contributed by atoms with Crippen LogP contribution in [0, 0.1) is 0 Å². The van der Waals surface area contributed by atoms with Gasteiger partial charge < -0.3 is 10.2 Å². The molecule has 1 fully saturated rings. The van der Waals surface area contributed by atoms with Gasteiger partial charge in [0.1, 0.15) is 0 Å². The lowest BCUT2D eigenvalue weighted by Gasteiger charge is -2.32. The third kappa shape index (κ3) is 5.93. The quantitative estimate of drug-likeness (QED) is 0.565. The Kier molecular flexibility index (Phi) is 7.30. The molecule has 0 aliphatic carbocycles. The van der Waals surface area contributed by atoms with E-state index in [1.807, 2.05) is 30.3 Å². The van der Waals surface area contributed by atoms with Gasteiger partial charge in [0.2, 0.25) is 0 Å². The van der Waals surface area contributed by atoms with Crippen LogP contribution in [-0.2, 0) is 0 Å². The summed E-state index contributed by atoms with van der Waals surface area (Å²) in [6.45, 7) is 3.10. The number of amides is 1. The van der Waals surface area contributed by atoms with Gasteiger partial charge in [0.25, 0.3) is 5.91 Å². The van der Waals surface area contributed by atoms with E-state index < -0.39 is 0 Å². The Bertz CT molecular complexity index is 934. The van der Waals surface area contributed by atoms with Crippen molar-refractivity contribution in [3.63, 3.8) is 0 Å². The first-order chi connectivity index (χ1) is 15.3. The molecule has 0 bridgehead atoms. The molecule has 0 spiro atoms. The summed E-state index contributed by atoms with van der Waals surface area (Å²) in [6, 6.07) is 31.0. The van der Waals surface area contributed by atoms with E-state index in [1.165, 1.54) is 16.7 Å². The van der Waals surface area contributed by atoms with Gasteiger partial charge in [0.05, 0.1) is 0 Å². The summed E-state index contributed by atoms with van der Waals surface area (Å²) in [5.74, 6) is 0.0392. The third-order valence-corrected chi connectivity index (χ3v) is 5.92. The molecule has 1 heterocycles. The van der Waals surface area contributed by atoms with Gasteiger partial charge in [-0.3, -0.25) is 4.79 Å². The first kappa shape index (κ1) is 21.1. The van der Waals surface area contributed by atoms with Gasteiger partial charge in [-0.1, -0.05) is 84.9 Å². The highest BCUT2D eigenvalue weighted by Gasteiger charge is 2.20. The number of hydrogen-bond donors (Lipinski definition) is 1. The van der Waals surface area contributed by atoms with E-state index in [4.69, 9.17) is 0 Å². The molecule has 3 heteroatoms. The lowest BCUT2D eigenvalue weighted by Crippen LogP contribution is -2.44. The molecule has 4 rings (SSSR count). The molecule has 1 N–H and O–H groups in total. The number of benzene rings is 3. The van der Waals surface area contributed by atoms with Crippen molar-refractivity contribution in [1.82, 2.24) is 10.2 Å². The molecule has 158 valence electrons. The van der Waals surface area contributed by atoms with Crippen LogP contribution in [0.25, 0.3) is 5.57 Å². The fourth-order valence-corrected chi connectivity index (χ4v) is 4.19. The largest absolute Gasteiger partial charge is 0.349 e. The number of likely N-dealkylation sites (tertiary alicyclic amines) is 1. The molecular formula is C28H30N2O. The van der Waals surface area contributed by atoms with E-state index in [2.05, 4.69) is 77.0 Å². The summed E-state index contributed by atoms with van der Waals surface area (Å²) in [5, 5.41) is 3.20. The minimum Gasteiger partial charge on any atom is -0.349 e. The zero-order valence-electron chi connectivity index (χ0n) is 17.9. The molecule has 0 radical (unpaired) electrons. The van der Waals surface area contributed by atoms with E-state index in [-0.39, 0.29) is 11.9 Å². The number of hydrogen-bond acceptors (Lipinski definition) is 2. The van der Waals surface area contributed by atoms with E-state index in [0.29, 0.717) is 0 Å². The van der Waals surface area contributed by atoms with Crippen LogP contribution in [0.15, 0.2) is 97.1 Å². The fourth-order valence-electron chi connectivity index (χ4n) is 4.19. The Morgan fingerprint density at radius 3 is 1.77 bits per heavy atom. The number of rotatable bonds is 7. The minimum atomic E-state index is 0.0392. The zero-order chi connectivity index (χ0) is 21.3. The SMILES string of the molecule is O=C(NC1CCN(CCC=C(c2ccccc2)c2ccccc2)CC1)c1ccccc1. The highest BCUT2D eigenvalue weighted by Crippen LogP contribution is 2.24. The van der Waals surface area contributed by atoms with Gasteiger partial charge in [-0.2, -0.15) is 0 Å². The Hall–Kier alpha value is -3.17. The maximum Gasteiger partial charge on any atom is 0.251 e. The molecule has 31 heavy (non-hydrogen) atoms. The van der Waals surface area contributed by atoms with E-state index in [0.717, 1.165) is 44.5 Å². The molecule has 1 aliphatic rings. The van der Waals surface area contributed by atoms with Crippen molar-refractivity contribution in [3.8, 4) is 0 Å². The molecule has 0 aromatic heterocycles. The second-order valence-corrected chi connectivity index (χ2v) is 8.09. The topological polar surface area (TPSA) is 32.3 Å². The van der Waals surface area contributed by atoms with Crippen molar-refractivity contribution in [2.24, 2.45) is 0 Å². The Balaban J connectivity index is 1.30. The van der Waals surface area contributed by atoms with Gasteiger partial charge in [-0.05, 0) is 48.1 Å². The Morgan fingerprint density at radius 2 is 1.26 bits per heavy atom. The molecule has 1 saturated heterocycles. The van der Waals surface area contributed by atoms with Crippen LogP contribution in [0.4, 0.5) is 0 Å². The van der Waals surface area contributed by atoms with Crippen LogP contribution in [0.1, 0.15) is 40.7 Å². The summed E-state index contributed by atoms with van der Waals surface area (Å²) in [7, 11) is 0. The monoisotopic (exact) mass is 410 g/mol. The van der Waals surface area contributed by atoms with E-state index in [1.54, 1.807) is 0 Å². The summed E-state index contributed by atoms with van der Waals surface area (Å²) in [4.78, 5) is 14.9. The van der Waals surface area contributed by atoms with Crippen molar-refractivity contribution in [2.75, 3.05) is 19.6 Å². The van der Waals surface area contributed by atoms with Crippen molar-refractivity contribution in [2.45, 2.75) is 25.3 Å². The zero-order valence-corrected chi connectivity index (χ0v) is 17.9. The molecule has 3 aromatic carbocycles. The van der Waals surface area contributed by atoms with Gasteiger partial charge in [0, 0.05) is 31.2 Å². The highest BCUT2D eigenvalue weighted by molar-refractivity contribution is 5.94. The molecule has 1 aliphatic heterocycles. The molecular weight excluding hydrogens is 380 g/mol. The van der Waals surface area contributed by atoms with Crippen LogP contribution in [0.3, 0.4) is 0 Å². The van der Waals surface area contributed by atoms with E-state index in [9.17, 15) is 4.79 Å². The van der Waals surface area contributed by atoms with Crippen LogP contribution in [-0.4, -0.2) is 36.5 Å². The van der Waals surface area contributed by atoms with Crippen LogP contribution in [0.2, 0.25) is 0 Å². The van der Waals surface area contributed by atoms with Gasteiger partial charge >= 0.3 is 0 Å². The van der Waals surface area contributed by atoms with Crippen LogP contribution in [0.5, 0.6) is 0 Å². The maximum atomic E-state index is 12.4. The lowest BCUT2D eigenvalue weighted by molar-refractivity contribution is 0.0911. The second-order valence-electron chi connectivity index (χ2n) is 8.09. The fraction of sp³-hybridized carbons (Fsp3) is 0.250. The van der Waals surface area contributed by atoms with Gasteiger partial charge in [-0.15, -0.1) is 0 Å². The predicted molar refractivity (Wildman–Crippen MR) is 128 cm³/mol. The van der Waals surface area contributed by atoms with Crippen LogP contribution >= 0.6 is 0 Å². The first-order valence-corrected chi connectivity index (χ1v) is 11.2. The number of carbonyl (C=O) groups excluding carboxylic acids is 1. The molecule has 3 aromatic rings. The summed E-state index contributed by atoms with van der Waals surface area (Å²) in [6.07, 6.45) is 5.40. The summed E-state index contributed by atoms with van der Waals surface area (Å²) < 4.78 is 0. The smallest absolute Gasteiger partial charge is 0.251 e. The standard InChI is InChI=1S/C28H30N2O/c31-28(25-15-8-3-9-16-25)29-26-18-21-30(22-19-26)20-10-17-27(23-11-4-1-5-12-23)24-13-6-2-7-14-24/h1-9,11-17,26H,10,18-22H2,(H,29,31). The average Bonchev–Trinajstić information content (AvgIpc) is 2.84. The number of carbonyl (C=O) groups is 1. The maximum absolute atomic E-state index is 12.4. The lowest BCUT2D eigenvalue weighted by atomic mass is 9.97. The first-order valence-electron chi connectivity index (χ1n) is 11.2. The number of piperidine rings is 1. The summed E-state index contributed by atoms with van der Waals surface area (Å²) >= 11 is 0. The number of nitrogens with one attached hydrogen (secondary N) is 1. The predicted octanol–water partition coefficient (Wildman–Crippen LogP) is 5.40. The van der Waals surface area contributed by atoms with Crippen molar-refractivity contribution >= 4 is 11.5 Å². The highest BCUT2D eigenvalue weighted by atomic mass is 16.1. The molecule has 3 nitrogen and oxygen atoms in total. The minimum absolute atomic E-state index is 0.0392. The molecule has 0 atom stereocenters. The van der Waals surface area contributed by atoms with Crippen molar-refractivity contribution in [3.05, 3.63) is 114 Å². The van der Waals surface area contributed by atoms with Crippen molar-refractivity contribution < 1.29 is 4.79 Å². The molecule has 0 unspecified atom stereocenters. The summed E-state index contributed by atoms with van der Waals surface area (Å²) in [5.41, 5.74) is 4.56. The Morgan fingerprint density at radius 1 is 0.774 bits per heavy atom. The average molecular weight is 411 g/mol. The Labute approximate surface area is 185 Å². The third-order valence-electron chi connectivity index (χ3n) is 5.92. The molecule has 1 amide bonds. The van der Waals surface area contributed by atoms with Crippen molar-refractivity contribution in [1.29, 1.82) is 0 Å². The van der Waals surface area contributed by atoms with Crippen LogP contribution < -0.4 is 5.32 Å². The number of nitrogens with zero attached hydrogens (tertiary/aromatic N) is 1. The van der Waals surface area contributed by atoms with Gasteiger partial charge in [-0.25, -0.2) is 0 Å². The normalized spacial score (nSPS) is 14.7. The van der Waals surface area contributed by atoms with Gasteiger partial charge in [0.15, 0.2) is 0 Å². The molecule has 0 saturated carbocycles.